The summed E-state index contributed by atoms with van der Waals surface area (Å²) in [6, 6.07) is 13.7. The Morgan fingerprint density at radius 2 is 1.75 bits per heavy atom. The molecule has 1 saturated carbocycles. The van der Waals surface area contributed by atoms with E-state index in [0.29, 0.717) is 22.7 Å². The second-order valence-corrected chi connectivity index (χ2v) is 9.89. The lowest BCUT2D eigenvalue weighted by molar-refractivity contribution is -0.127. The van der Waals surface area contributed by atoms with Crippen LogP contribution < -0.4 is 19.7 Å². The Hall–Kier alpha value is -3.39. The van der Waals surface area contributed by atoms with Crippen molar-refractivity contribution in [2.24, 2.45) is 0 Å². The molecule has 8 heteroatoms. The molecule has 1 heterocycles. The van der Waals surface area contributed by atoms with Gasteiger partial charge in [0.15, 0.2) is 11.5 Å². The van der Waals surface area contributed by atoms with E-state index in [2.05, 4.69) is 5.32 Å². The van der Waals surface area contributed by atoms with Crippen LogP contribution in [0.2, 0.25) is 0 Å². The van der Waals surface area contributed by atoms with Gasteiger partial charge in [-0.05, 0) is 54.1 Å². The van der Waals surface area contributed by atoms with Crippen LogP contribution in [0.4, 0.5) is 10.1 Å². The van der Waals surface area contributed by atoms with E-state index in [4.69, 9.17) is 9.47 Å². The van der Waals surface area contributed by atoms with E-state index in [9.17, 15) is 14.0 Å². The van der Waals surface area contributed by atoms with Crippen LogP contribution in [0, 0.1) is 5.82 Å². The molecular formula is C28H31FN2O4S. The van der Waals surface area contributed by atoms with Crippen molar-refractivity contribution < 1.29 is 23.5 Å². The highest BCUT2D eigenvalue weighted by molar-refractivity contribution is 7.10. The van der Waals surface area contributed by atoms with Crippen molar-refractivity contribution in [2.45, 2.75) is 50.6 Å². The number of anilines is 1. The minimum Gasteiger partial charge on any atom is -0.493 e. The maximum Gasteiger partial charge on any atom is 0.248 e. The van der Waals surface area contributed by atoms with Gasteiger partial charge in [-0.2, -0.15) is 0 Å². The van der Waals surface area contributed by atoms with Crippen LogP contribution in [0.3, 0.4) is 0 Å². The molecule has 0 aliphatic heterocycles. The summed E-state index contributed by atoms with van der Waals surface area (Å²) >= 11 is 1.48. The minimum absolute atomic E-state index is 0.0499. The molecule has 6 nitrogen and oxygen atoms in total. The lowest BCUT2D eigenvalue weighted by Gasteiger charge is -2.33. The molecule has 1 unspecified atom stereocenters. The summed E-state index contributed by atoms with van der Waals surface area (Å²) in [5, 5.41) is 5.08. The molecule has 0 bridgehead atoms. The van der Waals surface area contributed by atoms with Gasteiger partial charge in [0.2, 0.25) is 11.8 Å². The predicted molar refractivity (Wildman–Crippen MR) is 139 cm³/mol. The quantitative estimate of drug-likeness (QED) is 0.403. The first-order valence-corrected chi connectivity index (χ1v) is 13.0. The summed E-state index contributed by atoms with van der Waals surface area (Å²) in [5.41, 5.74) is 1.02. The van der Waals surface area contributed by atoms with E-state index in [0.717, 1.165) is 37.0 Å². The molecule has 190 valence electrons. The second kappa shape index (κ2) is 12.0. The van der Waals surface area contributed by atoms with Crippen LogP contribution in [0.15, 0.2) is 60.0 Å². The summed E-state index contributed by atoms with van der Waals surface area (Å²) in [6.45, 7) is 0. The number of rotatable bonds is 9. The number of ether oxygens (including phenoxy) is 2. The third kappa shape index (κ3) is 6.05. The molecule has 1 N–H and O–H groups in total. The number of hydrogen-bond donors (Lipinski definition) is 1. The number of amides is 2. The van der Waals surface area contributed by atoms with Crippen LogP contribution in [0.5, 0.6) is 11.5 Å². The Labute approximate surface area is 215 Å². The summed E-state index contributed by atoms with van der Waals surface area (Å²) in [6.07, 6.45) is 5.21. The number of carbonyl (C=O) groups is 2. The Balaban J connectivity index is 1.78. The first-order valence-electron chi connectivity index (χ1n) is 12.1. The van der Waals surface area contributed by atoms with Gasteiger partial charge in [-0.3, -0.25) is 14.5 Å². The van der Waals surface area contributed by atoms with E-state index >= 15 is 0 Å². The zero-order valence-electron chi connectivity index (χ0n) is 20.5. The fourth-order valence-corrected chi connectivity index (χ4v) is 5.34. The lowest BCUT2D eigenvalue weighted by Crippen LogP contribution is -2.47. The molecule has 3 aromatic rings. The van der Waals surface area contributed by atoms with Crippen LogP contribution in [-0.2, 0) is 16.0 Å². The maximum atomic E-state index is 13.8. The van der Waals surface area contributed by atoms with Crippen LogP contribution in [0.1, 0.15) is 48.6 Å². The third-order valence-electron chi connectivity index (χ3n) is 6.46. The minimum atomic E-state index is -0.988. The molecule has 1 fully saturated rings. The molecule has 0 saturated heterocycles. The molecule has 0 spiro atoms. The smallest absolute Gasteiger partial charge is 0.248 e. The summed E-state index contributed by atoms with van der Waals surface area (Å²) in [7, 11) is 3.06. The molecule has 1 atom stereocenters. The van der Waals surface area contributed by atoms with Gasteiger partial charge in [0, 0.05) is 22.7 Å². The van der Waals surface area contributed by atoms with E-state index in [1.54, 1.807) is 30.3 Å². The fourth-order valence-electron chi connectivity index (χ4n) is 4.65. The first-order chi connectivity index (χ1) is 17.5. The monoisotopic (exact) mass is 510 g/mol. The summed E-state index contributed by atoms with van der Waals surface area (Å²) in [4.78, 5) is 30.1. The number of hydrogen-bond acceptors (Lipinski definition) is 5. The van der Waals surface area contributed by atoms with Gasteiger partial charge in [-0.1, -0.05) is 37.5 Å². The van der Waals surface area contributed by atoms with Gasteiger partial charge >= 0.3 is 0 Å². The molecule has 1 aliphatic rings. The maximum absolute atomic E-state index is 13.8. The molecule has 1 aliphatic carbocycles. The van der Waals surface area contributed by atoms with Gasteiger partial charge in [-0.15, -0.1) is 11.3 Å². The zero-order chi connectivity index (χ0) is 25.5. The predicted octanol–water partition coefficient (Wildman–Crippen LogP) is 5.67. The van der Waals surface area contributed by atoms with Crippen molar-refractivity contribution in [3.63, 3.8) is 0 Å². The van der Waals surface area contributed by atoms with Crippen molar-refractivity contribution >= 4 is 28.8 Å². The van der Waals surface area contributed by atoms with Crippen molar-refractivity contribution in [1.29, 1.82) is 0 Å². The number of nitrogens with zero attached hydrogens (tertiary/aromatic N) is 1. The van der Waals surface area contributed by atoms with E-state index in [-0.39, 0.29) is 24.3 Å². The number of methoxy groups -OCH3 is 2. The second-order valence-electron chi connectivity index (χ2n) is 8.86. The Morgan fingerprint density at radius 1 is 1.03 bits per heavy atom. The molecule has 0 radical (unpaired) electrons. The van der Waals surface area contributed by atoms with Crippen LogP contribution >= 0.6 is 11.3 Å². The third-order valence-corrected chi connectivity index (χ3v) is 7.34. The van der Waals surface area contributed by atoms with Crippen molar-refractivity contribution in [1.82, 2.24) is 5.32 Å². The Morgan fingerprint density at radius 3 is 2.39 bits per heavy atom. The zero-order valence-corrected chi connectivity index (χ0v) is 21.4. The molecular weight excluding hydrogens is 479 g/mol. The van der Waals surface area contributed by atoms with Gasteiger partial charge in [-0.25, -0.2) is 4.39 Å². The van der Waals surface area contributed by atoms with Gasteiger partial charge < -0.3 is 14.8 Å². The molecule has 2 amide bonds. The number of benzene rings is 2. The fraction of sp³-hybridized carbons (Fsp3) is 0.357. The topological polar surface area (TPSA) is 67.9 Å². The average molecular weight is 511 g/mol. The Kier molecular flexibility index (Phi) is 8.59. The number of thiophene rings is 1. The SMILES string of the molecule is COc1ccc(N(C(=O)Cc2cccs2)C(C(=O)NC2CCCCC2)c2ccc(F)cc2)cc1OC. The van der Waals surface area contributed by atoms with Crippen molar-refractivity contribution in [3.05, 3.63) is 76.2 Å². The standard InChI is InChI=1S/C28H31FN2O4S/c1-34-24-15-14-22(17-25(24)35-2)31(26(32)18-23-9-6-16-36-23)27(19-10-12-20(29)13-11-19)28(33)30-21-7-4-3-5-8-21/h6,9-17,21,27H,3-5,7-8,18H2,1-2H3,(H,30,33). The van der Waals surface area contributed by atoms with Crippen LogP contribution in [0.25, 0.3) is 0 Å². The highest BCUT2D eigenvalue weighted by Crippen LogP contribution is 2.36. The molecule has 4 rings (SSSR count). The highest BCUT2D eigenvalue weighted by atomic mass is 32.1. The summed E-state index contributed by atoms with van der Waals surface area (Å²) in [5.74, 6) is -0.000238. The molecule has 1 aromatic heterocycles. The number of nitrogens with one attached hydrogen (secondary N) is 1. The van der Waals surface area contributed by atoms with Gasteiger partial charge in [0.1, 0.15) is 11.9 Å². The molecule has 2 aromatic carbocycles. The van der Waals surface area contributed by atoms with E-state index in [1.165, 1.54) is 42.6 Å². The van der Waals surface area contributed by atoms with Crippen molar-refractivity contribution in [3.8, 4) is 11.5 Å². The highest BCUT2D eigenvalue weighted by Gasteiger charge is 2.34. The molecule has 36 heavy (non-hydrogen) atoms. The number of halogens is 1. The summed E-state index contributed by atoms with van der Waals surface area (Å²) < 4.78 is 24.7. The largest absolute Gasteiger partial charge is 0.493 e. The first kappa shape index (κ1) is 25.7. The van der Waals surface area contributed by atoms with Gasteiger partial charge in [0.05, 0.1) is 20.6 Å². The van der Waals surface area contributed by atoms with Crippen LogP contribution in [-0.4, -0.2) is 32.1 Å². The Bertz CT molecular complexity index is 1160. The van der Waals surface area contributed by atoms with E-state index < -0.39 is 11.9 Å². The lowest BCUT2D eigenvalue weighted by atomic mass is 9.94. The van der Waals surface area contributed by atoms with E-state index in [1.807, 2.05) is 17.5 Å². The van der Waals surface area contributed by atoms with Gasteiger partial charge in [0.25, 0.3) is 0 Å². The number of carbonyl (C=O) groups excluding carboxylic acids is 2. The van der Waals surface area contributed by atoms with Crippen molar-refractivity contribution in [2.75, 3.05) is 19.1 Å². The average Bonchev–Trinajstić information content (AvgIpc) is 3.41. The normalized spacial score (nSPS) is 14.6.